The molecule has 0 aromatic carbocycles. The van der Waals surface area contributed by atoms with E-state index < -0.39 is 11.9 Å². The summed E-state index contributed by atoms with van der Waals surface area (Å²) in [4.78, 5) is 3.51. The molecule has 0 saturated carbocycles. The molecule has 1 unspecified atom stereocenters. The largest absolute Gasteiger partial charge is 0.433 e. The van der Waals surface area contributed by atoms with Gasteiger partial charge in [-0.25, -0.2) is 4.98 Å². The van der Waals surface area contributed by atoms with Crippen molar-refractivity contribution in [2.24, 2.45) is 0 Å². The molecule has 1 aromatic heterocycles. The molecule has 2 rings (SSSR count). The van der Waals surface area contributed by atoms with Crippen LogP contribution in [0.5, 0.6) is 0 Å². The minimum absolute atomic E-state index is 0.0276. The van der Waals surface area contributed by atoms with Crippen LogP contribution in [0.2, 0.25) is 0 Å². The lowest BCUT2D eigenvalue weighted by atomic mass is 10.2. The van der Waals surface area contributed by atoms with Crippen LogP contribution in [0.1, 0.15) is 17.7 Å². The number of anilines is 1. The van der Waals surface area contributed by atoms with Gasteiger partial charge in [0.2, 0.25) is 0 Å². The van der Waals surface area contributed by atoms with Gasteiger partial charge in [-0.15, -0.1) is 0 Å². The fraction of sp³-hybridized carbons (Fsp3) is 0.455. The van der Waals surface area contributed by atoms with Crippen LogP contribution in [0.15, 0.2) is 12.1 Å². The van der Waals surface area contributed by atoms with Crippen molar-refractivity contribution < 1.29 is 13.2 Å². The van der Waals surface area contributed by atoms with Gasteiger partial charge in [0.1, 0.15) is 17.6 Å². The SMILES string of the molecule is N#Cc1ccc(C(F)(F)F)nc1NC1CCSC1. The molecule has 96 valence electrons. The summed E-state index contributed by atoms with van der Waals surface area (Å²) in [7, 11) is 0. The van der Waals surface area contributed by atoms with E-state index in [1.807, 2.05) is 6.07 Å². The molecule has 1 fully saturated rings. The van der Waals surface area contributed by atoms with Crippen LogP contribution in [0.3, 0.4) is 0 Å². The molecule has 2 heterocycles. The number of nitrogens with zero attached hydrogens (tertiary/aromatic N) is 2. The third kappa shape index (κ3) is 2.88. The normalized spacial score (nSPS) is 19.6. The zero-order chi connectivity index (χ0) is 13.2. The molecule has 1 atom stereocenters. The third-order valence-corrected chi connectivity index (χ3v) is 3.74. The number of halogens is 3. The Morgan fingerprint density at radius 1 is 1.44 bits per heavy atom. The molecule has 3 nitrogen and oxygen atoms in total. The number of rotatable bonds is 2. The van der Waals surface area contributed by atoms with E-state index in [0.29, 0.717) is 0 Å². The molecule has 1 aliphatic rings. The Hall–Kier alpha value is -1.42. The van der Waals surface area contributed by atoms with E-state index in [1.54, 1.807) is 11.8 Å². The molecule has 0 amide bonds. The van der Waals surface area contributed by atoms with Crippen LogP contribution < -0.4 is 5.32 Å². The zero-order valence-electron chi connectivity index (χ0n) is 9.29. The predicted molar refractivity (Wildman–Crippen MR) is 63.3 cm³/mol. The van der Waals surface area contributed by atoms with E-state index in [1.165, 1.54) is 0 Å². The van der Waals surface area contributed by atoms with Gasteiger partial charge in [0.15, 0.2) is 0 Å². The maximum Gasteiger partial charge on any atom is 0.433 e. The van der Waals surface area contributed by atoms with E-state index in [9.17, 15) is 13.2 Å². The molecule has 1 N–H and O–H groups in total. The Balaban J connectivity index is 2.28. The highest BCUT2D eigenvalue weighted by atomic mass is 32.2. The quantitative estimate of drug-likeness (QED) is 0.900. The van der Waals surface area contributed by atoms with Crippen molar-refractivity contribution >= 4 is 17.6 Å². The van der Waals surface area contributed by atoms with E-state index >= 15 is 0 Å². The number of hydrogen-bond acceptors (Lipinski definition) is 4. The number of nitriles is 1. The summed E-state index contributed by atoms with van der Waals surface area (Å²) in [6.07, 6.45) is -3.62. The molecule has 18 heavy (non-hydrogen) atoms. The first-order chi connectivity index (χ1) is 8.50. The van der Waals surface area contributed by atoms with Crippen molar-refractivity contribution in [3.63, 3.8) is 0 Å². The fourth-order valence-corrected chi connectivity index (χ4v) is 2.81. The highest BCUT2D eigenvalue weighted by molar-refractivity contribution is 7.99. The average Bonchev–Trinajstić information content (AvgIpc) is 2.80. The second kappa shape index (κ2) is 5.06. The molecule has 1 aromatic rings. The van der Waals surface area contributed by atoms with Gasteiger partial charge in [0, 0.05) is 11.8 Å². The van der Waals surface area contributed by atoms with Crippen LogP contribution in [-0.2, 0) is 6.18 Å². The van der Waals surface area contributed by atoms with Crippen molar-refractivity contribution in [3.8, 4) is 6.07 Å². The maximum absolute atomic E-state index is 12.5. The first-order valence-electron chi connectivity index (χ1n) is 5.33. The summed E-state index contributed by atoms with van der Waals surface area (Å²) < 4.78 is 37.6. The van der Waals surface area contributed by atoms with Crippen molar-refractivity contribution in [1.29, 1.82) is 5.26 Å². The van der Waals surface area contributed by atoms with Gasteiger partial charge in [-0.05, 0) is 24.3 Å². The lowest BCUT2D eigenvalue weighted by Crippen LogP contribution is -2.21. The summed E-state index contributed by atoms with van der Waals surface area (Å²) >= 11 is 1.73. The van der Waals surface area contributed by atoms with Crippen LogP contribution >= 0.6 is 11.8 Å². The van der Waals surface area contributed by atoms with Gasteiger partial charge in [0.05, 0.1) is 5.56 Å². The molecule has 0 radical (unpaired) electrons. The molecule has 0 bridgehead atoms. The smallest absolute Gasteiger partial charge is 0.365 e. The fourth-order valence-electron chi connectivity index (χ4n) is 1.66. The van der Waals surface area contributed by atoms with Gasteiger partial charge in [-0.2, -0.15) is 30.2 Å². The maximum atomic E-state index is 12.5. The first kappa shape index (κ1) is 13.0. The molecular formula is C11H10F3N3S. The van der Waals surface area contributed by atoms with E-state index in [4.69, 9.17) is 5.26 Å². The van der Waals surface area contributed by atoms with Gasteiger partial charge in [0.25, 0.3) is 0 Å². The number of aromatic nitrogens is 1. The Labute approximate surface area is 106 Å². The average molecular weight is 273 g/mol. The van der Waals surface area contributed by atoms with E-state index in [0.717, 1.165) is 30.1 Å². The highest BCUT2D eigenvalue weighted by Crippen LogP contribution is 2.30. The van der Waals surface area contributed by atoms with Crippen molar-refractivity contribution in [3.05, 3.63) is 23.4 Å². The van der Waals surface area contributed by atoms with Crippen molar-refractivity contribution in [2.45, 2.75) is 18.6 Å². The van der Waals surface area contributed by atoms with Crippen molar-refractivity contribution in [1.82, 2.24) is 4.98 Å². The van der Waals surface area contributed by atoms with Crippen LogP contribution in [-0.4, -0.2) is 22.5 Å². The third-order valence-electron chi connectivity index (χ3n) is 2.58. The summed E-state index contributed by atoms with van der Waals surface area (Å²) in [5.74, 6) is 1.82. The predicted octanol–water partition coefficient (Wildman–Crippen LogP) is 2.89. The molecule has 0 spiro atoms. The summed E-state index contributed by atoms with van der Waals surface area (Å²) in [5.41, 5.74) is -0.838. The Morgan fingerprint density at radius 2 is 2.22 bits per heavy atom. The van der Waals surface area contributed by atoms with Gasteiger partial charge in [-0.3, -0.25) is 0 Å². The van der Waals surface area contributed by atoms with Crippen LogP contribution in [0, 0.1) is 11.3 Å². The summed E-state index contributed by atoms with van der Waals surface area (Å²) in [6.45, 7) is 0. The molecule has 1 saturated heterocycles. The monoisotopic (exact) mass is 273 g/mol. The Morgan fingerprint density at radius 3 is 2.78 bits per heavy atom. The Kier molecular flexibility index (Phi) is 3.66. The van der Waals surface area contributed by atoms with E-state index in [-0.39, 0.29) is 17.4 Å². The number of pyridine rings is 1. The van der Waals surface area contributed by atoms with Gasteiger partial charge in [-0.1, -0.05) is 0 Å². The number of nitrogens with one attached hydrogen (secondary N) is 1. The molecular weight excluding hydrogens is 263 g/mol. The summed E-state index contributed by atoms with van der Waals surface area (Å²) in [5, 5.41) is 11.8. The number of hydrogen-bond donors (Lipinski definition) is 1. The topological polar surface area (TPSA) is 48.7 Å². The van der Waals surface area contributed by atoms with Crippen molar-refractivity contribution in [2.75, 3.05) is 16.8 Å². The Bertz CT molecular complexity index is 475. The number of alkyl halides is 3. The van der Waals surface area contributed by atoms with E-state index in [2.05, 4.69) is 10.3 Å². The molecule has 0 aliphatic carbocycles. The summed E-state index contributed by atoms with van der Waals surface area (Å²) in [6, 6.07) is 3.91. The van der Waals surface area contributed by atoms with Gasteiger partial charge >= 0.3 is 6.18 Å². The minimum Gasteiger partial charge on any atom is -0.365 e. The van der Waals surface area contributed by atoms with Crippen LogP contribution in [0.25, 0.3) is 0 Å². The molecule has 7 heteroatoms. The standard InChI is InChI=1S/C11H10F3N3S/c12-11(13,14)9-2-1-7(5-15)10(17-9)16-8-3-4-18-6-8/h1-2,8H,3-4,6H2,(H,16,17). The number of thioether (sulfide) groups is 1. The lowest BCUT2D eigenvalue weighted by molar-refractivity contribution is -0.141. The zero-order valence-corrected chi connectivity index (χ0v) is 10.1. The highest BCUT2D eigenvalue weighted by Gasteiger charge is 2.33. The molecule has 1 aliphatic heterocycles. The lowest BCUT2D eigenvalue weighted by Gasteiger charge is -2.15. The first-order valence-corrected chi connectivity index (χ1v) is 6.49. The second-order valence-corrected chi connectivity index (χ2v) is 5.06. The van der Waals surface area contributed by atoms with Crippen LogP contribution in [0.4, 0.5) is 19.0 Å². The van der Waals surface area contributed by atoms with Gasteiger partial charge < -0.3 is 5.32 Å². The second-order valence-electron chi connectivity index (χ2n) is 3.91. The minimum atomic E-state index is -4.49.